The lowest BCUT2D eigenvalue weighted by Gasteiger charge is -2.16. The molecule has 1 aromatic carbocycles. The van der Waals surface area contributed by atoms with Crippen LogP contribution in [0.5, 0.6) is 0 Å². The van der Waals surface area contributed by atoms with Crippen molar-refractivity contribution < 1.29 is 0 Å². The van der Waals surface area contributed by atoms with E-state index in [1.807, 2.05) is 30.3 Å². The molecular weight excluding hydrogens is 238 g/mol. The van der Waals surface area contributed by atoms with E-state index in [9.17, 15) is 0 Å². The number of benzene rings is 1. The number of nitrogens with two attached hydrogens (primary N) is 1. The Hall–Kier alpha value is -2.17. The molecule has 0 radical (unpaired) electrons. The molecule has 0 saturated carbocycles. The lowest BCUT2D eigenvalue weighted by atomic mass is 9.90. The summed E-state index contributed by atoms with van der Waals surface area (Å²) in [5.41, 5.74) is 8.32. The zero-order valence-corrected chi connectivity index (χ0v) is 11.5. The van der Waals surface area contributed by atoms with Crippen molar-refractivity contribution in [1.29, 1.82) is 0 Å². The number of aromatic nitrogens is 2. The Morgan fingerprint density at radius 3 is 2.47 bits per heavy atom. The van der Waals surface area contributed by atoms with Gasteiger partial charge in [0.15, 0.2) is 11.5 Å². The Bertz CT molecular complexity index is 563. The first-order valence-electron chi connectivity index (χ1n) is 6.25. The van der Waals surface area contributed by atoms with E-state index in [4.69, 9.17) is 5.73 Å². The maximum Gasteiger partial charge on any atom is 0.173 e. The van der Waals surface area contributed by atoms with Gasteiger partial charge in [-0.05, 0) is 24.0 Å². The molecule has 1 heterocycles. The summed E-state index contributed by atoms with van der Waals surface area (Å²) in [6.07, 6.45) is 0.820. The summed E-state index contributed by atoms with van der Waals surface area (Å²) in [6.45, 7) is 6.46. The number of anilines is 1. The Kier molecular flexibility index (Phi) is 3.64. The molecule has 5 heteroatoms. The van der Waals surface area contributed by atoms with Crippen molar-refractivity contribution in [2.24, 2.45) is 15.6 Å². The fraction of sp³-hybridized carbons (Fsp3) is 0.357. The third-order valence-electron chi connectivity index (χ3n) is 2.57. The predicted octanol–water partition coefficient (Wildman–Crippen LogP) is 4.00. The highest BCUT2D eigenvalue weighted by Crippen LogP contribution is 2.31. The van der Waals surface area contributed by atoms with Crippen molar-refractivity contribution >= 4 is 17.2 Å². The first-order chi connectivity index (χ1) is 8.96. The van der Waals surface area contributed by atoms with Gasteiger partial charge >= 0.3 is 0 Å². The number of rotatable bonds is 3. The van der Waals surface area contributed by atoms with E-state index in [-0.39, 0.29) is 5.41 Å². The molecule has 0 fully saturated rings. The maximum absolute atomic E-state index is 5.83. The number of nitrogens with zero attached hydrogens (tertiary/aromatic N) is 3. The van der Waals surface area contributed by atoms with Crippen molar-refractivity contribution in [3.63, 3.8) is 0 Å². The van der Waals surface area contributed by atoms with Crippen LogP contribution in [-0.4, -0.2) is 10.2 Å². The first-order valence-corrected chi connectivity index (χ1v) is 6.25. The van der Waals surface area contributed by atoms with Crippen LogP contribution in [0.4, 0.5) is 17.2 Å². The van der Waals surface area contributed by atoms with Gasteiger partial charge in [-0.1, -0.05) is 39.0 Å². The second-order valence-corrected chi connectivity index (χ2v) is 5.71. The normalized spacial score (nSPS) is 12.2. The summed E-state index contributed by atoms with van der Waals surface area (Å²) in [4.78, 5) is 0. The largest absolute Gasteiger partial charge is 0.380 e. The van der Waals surface area contributed by atoms with Gasteiger partial charge < -0.3 is 5.73 Å². The van der Waals surface area contributed by atoms with Crippen LogP contribution >= 0.6 is 0 Å². The molecule has 0 aliphatic heterocycles. The molecule has 19 heavy (non-hydrogen) atoms. The lowest BCUT2D eigenvalue weighted by Crippen LogP contribution is -2.09. The average molecular weight is 257 g/mol. The summed E-state index contributed by atoms with van der Waals surface area (Å²) in [7, 11) is 0. The minimum Gasteiger partial charge on any atom is -0.380 e. The third kappa shape index (κ3) is 3.64. The average Bonchev–Trinajstić information content (AvgIpc) is 2.67. The van der Waals surface area contributed by atoms with Gasteiger partial charge in [0.25, 0.3) is 0 Å². The molecule has 2 rings (SSSR count). The lowest BCUT2D eigenvalue weighted by molar-refractivity contribution is 0.406. The monoisotopic (exact) mass is 257 g/mol. The summed E-state index contributed by atoms with van der Waals surface area (Å²) < 4.78 is 0. The van der Waals surface area contributed by atoms with Crippen LogP contribution in [0.15, 0.2) is 40.6 Å². The third-order valence-corrected chi connectivity index (χ3v) is 2.57. The van der Waals surface area contributed by atoms with E-state index in [0.29, 0.717) is 11.5 Å². The highest BCUT2D eigenvalue weighted by atomic mass is 15.2. The Labute approximate surface area is 112 Å². The Balaban J connectivity index is 2.25. The SMILES string of the molecule is CC(C)(C)Cc1[nH]nc(N)c1N=Nc1ccccc1. The Morgan fingerprint density at radius 2 is 1.84 bits per heavy atom. The van der Waals surface area contributed by atoms with Crippen molar-refractivity contribution in [2.45, 2.75) is 27.2 Å². The van der Waals surface area contributed by atoms with Crippen LogP contribution < -0.4 is 5.73 Å². The minimum atomic E-state index is 0.135. The number of aromatic amines is 1. The molecular formula is C14H19N5. The summed E-state index contributed by atoms with van der Waals surface area (Å²) in [6, 6.07) is 9.56. The van der Waals surface area contributed by atoms with Gasteiger partial charge in [0.05, 0.1) is 11.4 Å². The van der Waals surface area contributed by atoms with Crippen molar-refractivity contribution in [2.75, 3.05) is 5.73 Å². The second-order valence-electron chi connectivity index (χ2n) is 5.71. The van der Waals surface area contributed by atoms with Gasteiger partial charge in [-0.3, -0.25) is 5.10 Å². The summed E-state index contributed by atoms with van der Waals surface area (Å²) in [5, 5.41) is 15.4. The van der Waals surface area contributed by atoms with E-state index < -0.39 is 0 Å². The molecule has 0 unspecified atom stereocenters. The number of nitrogens with one attached hydrogen (secondary N) is 1. The first kappa shape index (κ1) is 13.3. The van der Waals surface area contributed by atoms with Gasteiger partial charge in [-0.2, -0.15) is 10.2 Å². The van der Waals surface area contributed by atoms with Gasteiger partial charge in [-0.25, -0.2) is 0 Å². The molecule has 0 aliphatic carbocycles. The van der Waals surface area contributed by atoms with Gasteiger partial charge in [-0.15, -0.1) is 5.11 Å². The maximum atomic E-state index is 5.83. The fourth-order valence-electron chi connectivity index (χ4n) is 1.76. The molecule has 0 spiro atoms. The van der Waals surface area contributed by atoms with Gasteiger partial charge in [0, 0.05) is 0 Å². The zero-order chi connectivity index (χ0) is 13.9. The van der Waals surface area contributed by atoms with E-state index >= 15 is 0 Å². The number of hydrogen-bond acceptors (Lipinski definition) is 4. The van der Waals surface area contributed by atoms with Crippen LogP contribution in [0.1, 0.15) is 26.5 Å². The van der Waals surface area contributed by atoms with E-state index in [0.717, 1.165) is 17.8 Å². The summed E-state index contributed by atoms with van der Waals surface area (Å²) in [5.74, 6) is 0.388. The molecule has 0 bridgehead atoms. The molecule has 100 valence electrons. The van der Waals surface area contributed by atoms with Crippen LogP contribution in [0, 0.1) is 5.41 Å². The molecule has 1 aromatic heterocycles. The van der Waals surface area contributed by atoms with Crippen LogP contribution in [0.25, 0.3) is 0 Å². The Morgan fingerprint density at radius 1 is 1.16 bits per heavy atom. The summed E-state index contributed by atoms with van der Waals surface area (Å²) >= 11 is 0. The fourth-order valence-corrected chi connectivity index (χ4v) is 1.76. The minimum absolute atomic E-state index is 0.135. The van der Waals surface area contributed by atoms with Crippen LogP contribution in [0.2, 0.25) is 0 Å². The number of hydrogen-bond donors (Lipinski definition) is 2. The van der Waals surface area contributed by atoms with E-state index in [1.54, 1.807) is 0 Å². The van der Waals surface area contributed by atoms with Gasteiger partial charge in [0.2, 0.25) is 0 Å². The molecule has 3 N–H and O–H groups in total. The van der Waals surface area contributed by atoms with E-state index in [1.165, 1.54) is 0 Å². The molecule has 2 aromatic rings. The van der Waals surface area contributed by atoms with Crippen LogP contribution in [-0.2, 0) is 6.42 Å². The standard InChI is InChI=1S/C14H19N5/c1-14(2,3)9-11-12(13(15)19-17-11)18-16-10-7-5-4-6-8-10/h4-8H,9H2,1-3H3,(H3,15,17,19). The quantitative estimate of drug-likeness (QED) is 0.815. The zero-order valence-electron chi connectivity index (χ0n) is 11.5. The smallest absolute Gasteiger partial charge is 0.173 e. The second kappa shape index (κ2) is 5.22. The van der Waals surface area contributed by atoms with Crippen molar-refractivity contribution in [3.8, 4) is 0 Å². The molecule has 5 nitrogen and oxygen atoms in total. The molecule has 0 atom stereocenters. The highest BCUT2D eigenvalue weighted by Gasteiger charge is 2.18. The molecule has 0 saturated heterocycles. The van der Waals surface area contributed by atoms with Crippen molar-refractivity contribution in [3.05, 3.63) is 36.0 Å². The number of H-pyrrole nitrogens is 1. The number of nitrogen functional groups attached to an aromatic ring is 1. The number of azo groups is 1. The predicted molar refractivity (Wildman–Crippen MR) is 76.8 cm³/mol. The molecule has 0 amide bonds. The highest BCUT2D eigenvalue weighted by molar-refractivity contribution is 5.60. The van der Waals surface area contributed by atoms with Crippen LogP contribution in [0.3, 0.4) is 0 Å². The molecule has 0 aliphatic rings. The topological polar surface area (TPSA) is 79.4 Å². The van der Waals surface area contributed by atoms with Gasteiger partial charge in [0.1, 0.15) is 0 Å². The van der Waals surface area contributed by atoms with Crippen molar-refractivity contribution in [1.82, 2.24) is 10.2 Å². The van der Waals surface area contributed by atoms with E-state index in [2.05, 4.69) is 41.2 Å².